The van der Waals surface area contributed by atoms with Crippen molar-refractivity contribution in [2.75, 3.05) is 7.05 Å². The van der Waals surface area contributed by atoms with Gasteiger partial charge in [0.2, 0.25) is 0 Å². The molecule has 0 bridgehead atoms. The molecule has 0 amide bonds. The third kappa shape index (κ3) is 3.47. The first kappa shape index (κ1) is 13.2. The van der Waals surface area contributed by atoms with Crippen molar-refractivity contribution in [1.29, 1.82) is 0 Å². The molecule has 4 heteroatoms. The molecule has 0 aromatic carbocycles. The summed E-state index contributed by atoms with van der Waals surface area (Å²) in [4.78, 5) is 10.6. The van der Waals surface area contributed by atoms with E-state index in [1.54, 1.807) is 13.4 Å². The minimum atomic E-state index is 0. The molecule has 60 valence electrons. The summed E-state index contributed by atoms with van der Waals surface area (Å²) in [5, 5.41) is 0. The van der Waals surface area contributed by atoms with E-state index >= 15 is 0 Å². The van der Waals surface area contributed by atoms with Gasteiger partial charge >= 0.3 is 21.1 Å². The molecule has 0 saturated carbocycles. The van der Waals surface area contributed by atoms with E-state index in [9.17, 15) is 0 Å². The first-order valence-corrected chi connectivity index (χ1v) is 2.69. The fourth-order valence-electron chi connectivity index (χ4n) is 0.616. The van der Waals surface area contributed by atoms with Crippen LogP contribution < -0.4 is 5.49 Å². The number of hydrogen-bond acceptors (Lipinski definition) is 2. The van der Waals surface area contributed by atoms with Crippen LogP contribution >= 0.6 is 0 Å². The second-order valence-corrected chi connectivity index (χ2v) is 1.71. The van der Waals surface area contributed by atoms with Gasteiger partial charge in [0, 0.05) is 12.5 Å². The first-order valence-electron chi connectivity index (χ1n) is 2.69. The van der Waals surface area contributed by atoms with Crippen molar-refractivity contribution in [3.63, 3.8) is 0 Å². The Labute approximate surface area is 81.3 Å². The number of aromatic nitrogens is 2. The van der Waals surface area contributed by atoms with Gasteiger partial charge in [-0.1, -0.05) is 13.1 Å². The number of aromatic amines is 1. The predicted molar refractivity (Wildman–Crippen MR) is 40.1 cm³/mol. The monoisotopic (exact) mass is 321 g/mol. The van der Waals surface area contributed by atoms with Crippen LogP contribution in [-0.4, -0.2) is 17.0 Å². The molecule has 0 atom stereocenters. The van der Waals surface area contributed by atoms with E-state index in [1.807, 2.05) is 6.92 Å². The van der Waals surface area contributed by atoms with E-state index in [0.29, 0.717) is 0 Å². The molecule has 1 aromatic heterocycles. The normalized spacial score (nSPS) is 9.82. The smallest absolute Gasteiger partial charge is 0.437 e. The number of nitrogens with zero attached hydrogens (tertiary/aromatic N) is 2. The van der Waals surface area contributed by atoms with Crippen molar-refractivity contribution in [1.82, 2.24) is 9.97 Å². The van der Waals surface area contributed by atoms with E-state index in [-0.39, 0.29) is 28.5 Å². The van der Waals surface area contributed by atoms with Crippen molar-refractivity contribution in [3.05, 3.63) is 31.0 Å². The van der Waals surface area contributed by atoms with Gasteiger partial charge in [-0.3, -0.25) is 0 Å². The Hall–Kier alpha value is -0.432. The largest absolute Gasteiger partial charge is 2.00 e. The van der Waals surface area contributed by atoms with Gasteiger partial charge in [0.15, 0.2) is 0 Å². The molecule has 0 saturated heterocycles. The van der Waals surface area contributed by atoms with E-state index < -0.39 is 0 Å². The molecule has 0 aliphatic carbocycles. The van der Waals surface area contributed by atoms with Crippen LogP contribution in [0.25, 0.3) is 0 Å². The second kappa shape index (κ2) is 6.29. The summed E-state index contributed by atoms with van der Waals surface area (Å²) in [6.07, 6.45) is 4.34. The summed E-state index contributed by atoms with van der Waals surface area (Å²) in [6, 6.07) is 0. The van der Waals surface area contributed by atoms with Gasteiger partial charge in [-0.05, 0) is 6.33 Å². The number of H-pyrrole nitrogens is 1. The average molecular weight is 321 g/mol. The van der Waals surface area contributed by atoms with Gasteiger partial charge in [-0.15, -0.1) is 5.56 Å². The molecule has 0 spiro atoms. The number of hydrogen-bond donors (Lipinski definition) is 1. The molecule has 0 aliphatic rings. The Morgan fingerprint density at radius 1 is 1.64 bits per heavy atom. The van der Waals surface area contributed by atoms with E-state index in [1.165, 1.54) is 0 Å². The molecule has 1 aromatic rings. The molecule has 1 rings (SSSR count). The zero-order valence-electron chi connectivity index (χ0n) is 6.88. The van der Waals surface area contributed by atoms with Crippen LogP contribution in [0.5, 0.6) is 0 Å². The summed E-state index contributed by atoms with van der Waals surface area (Å²) in [5.41, 5.74) is 1.78. The zero-order valence-corrected chi connectivity index (χ0v) is 9.81. The Bertz CT molecular complexity index is 254. The maximum absolute atomic E-state index is 3.94. The Balaban J connectivity index is 0. The standard InChI is InChI=1S/C6H8N3.CH3.W/c1-5-3-8-4-9-6(5)7-2;;/h4H,1-2H3,(H,7,8,9);1H3;/q2*-1;+2. The van der Waals surface area contributed by atoms with Crippen molar-refractivity contribution in [3.8, 4) is 0 Å². The van der Waals surface area contributed by atoms with Crippen LogP contribution in [0.3, 0.4) is 0 Å². The van der Waals surface area contributed by atoms with E-state index in [2.05, 4.69) is 21.2 Å². The average Bonchev–Trinajstić information content (AvgIpc) is 1.89. The molecule has 0 fully saturated rings. The van der Waals surface area contributed by atoms with Crippen LogP contribution in [0.1, 0.15) is 5.56 Å². The molecular weight excluding hydrogens is 310 g/mol. The second-order valence-electron chi connectivity index (χ2n) is 1.71. The minimum absolute atomic E-state index is 0. The first-order chi connectivity index (χ1) is 4.34. The maximum atomic E-state index is 3.94. The van der Waals surface area contributed by atoms with Crippen molar-refractivity contribution in [2.24, 2.45) is 4.99 Å². The fourth-order valence-corrected chi connectivity index (χ4v) is 0.616. The van der Waals surface area contributed by atoms with Crippen molar-refractivity contribution < 1.29 is 21.1 Å². The molecule has 11 heavy (non-hydrogen) atoms. The molecule has 3 nitrogen and oxygen atoms in total. The third-order valence-electron chi connectivity index (χ3n) is 1.08. The Kier molecular flexibility index (Phi) is 7.54. The Morgan fingerprint density at radius 3 is 2.64 bits per heavy atom. The maximum Gasteiger partial charge on any atom is 2.00 e. The van der Waals surface area contributed by atoms with Crippen LogP contribution in [0.4, 0.5) is 0 Å². The van der Waals surface area contributed by atoms with E-state index in [4.69, 9.17) is 0 Å². The molecule has 1 N–H and O–H groups in total. The summed E-state index contributed by atoms with van der Waals surface area (Å²) in [5.74, 6) is 0. The summed E-state index contributed by atoms with van der Waals surface area (Å²) < 4.78 is 0. The molecular formula is C7H11N3W. The molecule has 0 unspecified atom stereocenters. The van der Waals surface area contributed by atoms with Crippen LogP contribution in [0, 0.1) is 20.5 Å². The summed E-state index contributed by atoms with van der Waals surface area (Å²) in [6.45, 7) is 1.91. The van der Waals surface area contributed by atoms with Crippen LogP contribution in [0.15, 0.2) is 11.3 Å². The van der Waals surface area contributed by atoms with Crippen molar-refractivity contribution >= 4 is 0 Å². The molecule has 1 heterocycles. The molecule has 0 aliphatic heterocycles. The molecule has 0 radical (unpaired) electrons. The fraction of sp³-hybridized carbons (Fsp3) is 0.286. The van der Waals surface area contributed by atoms with Gasteiger partial charge in [-0.25, -0.2) is 0 Å². The third-order valence-corrected chi connectivity index (χ3v) is 1.08. The number of nitrogens with one attached hydrogen (secondary N) is 1. The minimum Gasteiger partial charge on any atom is -0.437 e. The Morgan fingerprint density at radius 2 is 2.27 bits per heavy atom. The SMILES string of the molecule is CN=c1[nH]cn[c-]c1C.[CH3-].[W+2]. The predicted octanol–water partition coefficient (Wildman–Crippen LogP) is 0.497. The van der Waals surface area contributed by atoms with Gasteiger partial charge in [-0.2, -0.15) is 0 Å². The summed E-state index contributed by atoms with van der Waals surface area (Å²) >= 11 is 0. The van der Waals surface area contributed by atoms with Crippen LogP contribution in [0.2, 0.25) is 0 Å². The van der Waals surface area contributed by atoms with E-state index in [0.717, 1.165) is 11.1 Å². The van der Waals surface area contributed by atoms with Gasteiger partial charge in [0.1, 0.15) is 0 Å². The van der Waals surface area contributed by atoms with Gasteiger partial charge in [0.25, 0.3) is 0 Å². The van der Waals surface area contributed by atoms with Crippen LogP contribution in [-0.2, 0) is 21.1 Å². The quantitative estimate of drug-likeness (QED) is 0.695. The van der Waals surface area contributed by atoms with Gasteiger partial charge in [0.05, 0.1) is 0 Å². The van der Waals surface area contributed by atoms with Crippen molar-refractivity contribution in [2.45, 2.75) is 6.92 Å². The van der Waals surface area contributed by atoms with Gasteiger partial charge < -0.3 is 22.4 Å². The zero-order chi connectivity index (χ0) is 6.69. The number of aryl methyl sites for hydroxylation is 1. The topological polar surface area (TPSA) is 41.0 Å². The number of rotatable bonds is 0. The summed E-state index contributed by atoms with van der Waals surface area (Å²) in [7, 11) is 1.73.